The molecule has 0 fully saturated rings. The Morgan fingerprint density at radius 2 is 0.872 bits per heavy atom. The van der Waals surface area contributed by atoms with Crippen LogP contribution in [0.25, 0.3) is 12.2 Å². The molecule has 0 radical (unpaired) electrons. The number of benzene rings is 4. The van der Waals surface area contributed by atoms with Gasteiger partial charge in [0.2, 0.25) is 5.41 Å². The number of alkyl halides is 6. The lowest BCUT2D eigenvalue weighted by atomic mass is 9.72. The zero-order valence-corrected chi connectivity index (χ0v) is 26.2. The minimum Gasteiger partial charge on any atom is -0.378 e. The third-order valence-electron chi connectivity index (χ3n) is 6.89. The van der Waals surface area contributed by atoms with Gasteiger partial charge in [-0.2, -0.15) is 43.2 Å². The minimum atomic E-state index is -6.01. The number of hydrogen-bond donors (Lipinski definition) is 0. The molecule has 0 N–H and O–H groups in total. The fourth-order valence-corrected chi connectivity index (χ4v) is 6.77. The number of allylic oxidation sites excluding steroid dienone is 2. The van der Waals surface area contributed by atoms with Crippen LogP contribution in [0, 0.1) is 0 Å². The summed E-state index contributed by atoms with van der Waals surface area (Å²) in [6.45, 7) is 2.85. The van der Waals surface area contributed by atoms with Crippen molar-refractivity contribution in [2.24, 2.45) is 0 Å². The average molecular weight is 697 g/mol. The molecule has 0 bridgehead atoms. The van der Waals surface area contributed by atoms with Gasteiger partial charge in [-0.1, -0.05) is 72.8 Å². The number of rotatable bonds is 10. The van der Waals surface area contributed by atoms with Gasteiger partial charge in [-0.25, -0.2) is 0 Å². The van der Waals surface area contributed by atoms with Gasteiger partial charge in [0.1, 0.15) is 21.3 Å². The first kappa shape index (κ1) is 35.3. The van der Waals surface area contributed by atoms with E-state index in [1.165, 1.54) is 86.7 Å². The fraction of sp³-hybridized carbons (Fsp3) is 0.152. The van der Waals surface area contributed by atoms with Crippen LogP contribution in [-0.2, 0) is 25.7 Å². The van der Waals surface area contributed by atoms with Crippen LogP contribution in [-0.4, -0.2) is 29.2 Å². The highest BCUT2D eigenvalue weighted by molar-refractivity contribution is 7.87. The van der Waals surface area contributed by atoms with Crippen LogP contribution < -0.4 is 8.37 Å². The van der Waals surface area contributed by atoms with Gasteiger partial charge in [0.15, 0.2) is 0 Å². The topological polar surface area (TPSA) is 86.7 Å². The van der Waals surface area contributed by atoms with Crippen molar-refractivity contribution in [3.63, 3.8) is 0 Å². The van der Waals surface area contributed by atoms with Crippen LogP contribution in [0.3, 0.4) is 0 Å². The molecule has 4 rings (SSSR count). The van der Waals surface area contributed by atoms with Gasteiger partial charge in [-0.15, -0.1) is 0 Å². The second-order valence-corrected chi connectivity index (χ2v) is 13.0. The molecular formula is C33H26F6O6S2. The molecule has 0 aliphatic rings. The van der Waals surface area contributed by atoms with Crippen LogP contribution in [0.15, 0.2) is 119 Å². The van der Waals surface area contributed by atoms with E-state index in [-0.39, 0.29) is 20.9 Å². The highest BCUT2D eigenvalue weighted by Gasteiger charge is 2.72. The van der Waals surface area contributed by atoms with Gasteiger partial charge in [-0.05, 0) is 73.5 Å². The molecule has 0 unspecified atom stereocenters. The molecule has 0 heterocycles. The molecule has 0 aliphatic carbocycles. The van der Waals surface area contributed by atoms with Crippen molar-refractivity contribution in [3.8, 4) is 11.5 Å². The molecule has 6 nitrogen and oxygen atoms in total. The maximum absolute atomic E-state index is 15.1. The summed E-state index contributed by atoms with van der Waals surface area (Å²) in [4.78, 5) is -0.577. The Bertz CT molecular complexity index is 1860. The summed E-state index contributed by atoms with van der Waals surface area (Å²) in [6.07, 6.45) is -7.24. The molecular weight excluding hydrogens is 670 g/mol. The third kappa shape index (κ3) is 7.08. The predicted octanol–water partition coefficient (Wildman–Crippen LogP) is 8.70. The van der Waals surface area contributed by atoms with Crippen molar-refractivity contribution >= 4 is 32.4 Å². The van der Waals surface area contributed by atoms with Crippen molar-refractivity contribution in [2.45, 2.75) is 41.4 Å². The van der Waals surface area contributed by atoms with Gasteiger partial charge < -0.3 is 8.37 Å². The summed E-state index contributed by atoms with van der Waals surface area (Å²) in [5.41, 5.74) is -8.03. The molecule has 0 spiro atoms. The Labute approximate surface area is 267 Å². The Kier molecular flexibility index (Phi) is 9.97. The Balaban J connectivity index is 1.93. The summed E-state index contributed by atoms with van der Waals surface area (Å²) in [7, 11) is -9.02. The molecule has 0 amide bonds. The molecule has 4 aromatic rings. The van der Waals surface area contributed by atoms with Gasteiger partial charge >= 0.3 is 32.6 Å². The van der Waals surface area contributed by atoms with E-state index in [1.54, 1.807) is 0 Å². The van der Waals surface area contributed by atoms with E-state index < -0.39 is 60.6 Å². The third-order valence-corrected chi connectivity index (χ3v) is 9.39. The SMILES string of the molecule is C/C=C\c1cc(C(c2ccc(OS(=O)(=O)c3ccccc3)c(/C=C\C)c2)(C(F)(F)F)C(F)(F)F)ccc1OS(=O)(=O)c1ccccc1. The highest BCUT2D eigenvalue weighted by atomic mass is 32.2. The first-order valence-electron chi connectivity index (χ1n) is 13.6. The summed E-state index contributed by atoms with van der Waals surface area (Å²) in [5, 5.41) is 0. The standard InChI is InChI=1S/C33H26F6O6S2/c1-3-11-23-21-25(17-19-29(23)44-46(40,41)27-13-7-5-8-14-27)31(32(34,35)36,33(37,38)39)26-18-20-30(24(22-26)12-4-2)45-47(42,43)28-15-9-6-10-16-28/h3-22H,1-2H3/b11-3-,12-4-. The normalized spacial score (nSPS) is 13.3. The smallest absolute Gasteiger partial charge is 0.378 e. The Morgan fingerprint density at radius 1 is 0.532 bits per heavy atom. The maximum Gasteiger partial charge on any atom is 0.411 e. The van der Waals surface area contributed by atoms with Gasteiger partial charge in [0.25, 0.3) is 0 Å². The lowest BCUT2D eigenvalue weighted by Crippen LogP contribution is -2.54. The summed E-state index contributed by atoms with van der Waals surface area (Å²) in [5.74, 6) is -1.03. The van der Waals surface area contributed by atoms with E-state index in [0.717, 1.165) is 12.2 Å². The second-order valence-electron chi connectivity index (χ2n) is 9.95. The number of halogens is 6. The van der Waals surface area contributed by atoms with Crippen LogP contribution in [0.4, 0.5) is 26.3 Å². The Hall–Kier alpha value is -4.56. The lowest BCUT2D eigenvalue weighted by molar-refractivity contribution is -0.288. The quantitative estimate of drug-likeness (QED) is 0.122. The molecule has 14 heteroatoms. The summed E-state index contributed by atoms with van der Waals surface area (Å²) in [6, 6.07) is 17.0. The minimum absolute atomic E-state index is 0.288. The molecule has 0 atom stereocenters. The van der Waals surface area contributed by atoms with Gasteiger partial charge in [0, 0.05) is 11.1 Å². The molecule has 47 heavy (non-hydrogen) atoms. The van der Waals surface area contributed by atoms with E-state index in [2.05, 4.69) is 0 Å². The largest absolute Gasteiger partial charge is 0.411 e. The fourth-order valence-electron chi connectivity index (χ4n) is 4.82. The predicted molar refractivity (Wildman–Crippen MR) is 164 cm³/mol. The van der Waals surface area contributed by atoms with Gasteiger partial charge in [-0.3, -0.25) is 0 Å². The highest BCUT2D eigenvalue weighted by Crippen LogP contribution is 2.57. The van der Waals surface area contributed by atoms with Crippen LogP contribution in [0.1, 0.15) is 36.1 Å². The monoisotopic (exact) mass is 696 g/mol. The zero-order valence-electron chi connectivity index (χ0n) is 24.6. The molecule has 4 aromatic carbocycles. The van der Waals surface area contributed by atoms with Crippen LogP contribution >= 0.6 is 0 Å². The lowest BCUT2D eigenvalue weighted by Gasteiger charge is -2.38. The first-order valence-corrected chi connectivity index (χ1v) is 16.5. The molecule has 0 saturated heterocycles. The average Bonchev–Trinajstić information content (AvgIpc) is 2.99. The van der Waals surface area contributed by atoms with Gasteiger partial charge in [0.05, 0.1) is 0 Å². The number of hydrogen-bond acceptors (Lipinski definition) is 6. The van der Waals surface area contributed by atoms with Crippen molar-refractivity contribution in [1.82, 2.24) is 0 Å². The van der Waals surface area contributed by atoms with E-state index in [9.17, 15) is 16.8 Å². The maximum atomic E-state index is 15.1. The molecule has 0 saturated carbocycles. The van der Waals surface area contributed by atoms with Crippen LogP contribution in [0.5, 0.6) is 11.5 Å². The summed E-state index contributed by atoms with van der Waals surface area (Å²) < 4.78 is 152. The zero-order chi connectivity index (χ0) is 34.7. The van der Waals surface area contributed by atoms with Crippen LogP contribution in [0.2, 0.25) is 0 Å². The second kappa shape index (κ2) is 13.3. The molecule has 248 valence electrons. The van der Waals surface area contributed by atoms with Crippen molar-refractivity contribution in [3.05, 3.63) is 131 Å². The van der Waals surface area contributed by atoms with Crippen molar-refractivity contribution in [1.29, 1.82) is 0 Å². The van der Waals surface area contributed by atoms with E-state index in [0.29, 0.717) is 36.4 Å². The van der Waals surface area contributed by atoms with Crippen molar-refractivity contribution < 1.29 is 51.5 Å². The summed E-state index contributed by atoms with van der Waals surface area (Å²) >= 11 is 0. The first-order chi connectivity index (χ1) is 22.0. The Morgan fingerprint density at radius 3 is 1.17 bits per heavy atom. The van der Waals surface area contributed by atoms with E-state index >= 15 is 26.3 Å². The van der Waals surface area contributed by atoms with E-state index in [1.807, 2.05) is 0 Å². The molecule has 0 aromatic heterocycles. The van der Waals surface area contributed by atoms with E-state index in [4.69, 9.17) is 8.37 Å². The van der Waals surface area contributed by atoms with Crippen molar-refractivity contribution in [2.75, 3.05) is 0 Å². The molecule has 0 aliphatic heterocycles.